The summed E-state index contributed by atoms with van der Waals surface area (Å²) in [5.41, 5.74) is 0. The molecule has 2 N–H and O–H groups in total. The van der Waals surface area contributed by atoms with E-state index in [-0.39, 0.29) is 0 Å². The lowest BCUT2D eigenvalue weighted by Gasteiger charge is -2.33. The lowest BCUT2D eigenvalue weighted by atomic mass is 9.89. The molecule has 0 saturated carbocycles. The molecular weight excluding hydrogens is 196 g/mol. The summed E-state index contributed by atoms with van der Waals surface area (Å²) in [6.45, 7) is 11.9. The van der Waals surface area contributed by atoms with E-state index < -0.39 is 0 Å². The summed E-state index contributed by atoms with van der Waals surface area (Å²) in [4.78, 5) is 0. The van der Waals surface area contributed by atoms with E-state index in [4.69, 9.17) is 0 Å². The summed E-state index contributed by atoms with van der Waals surface area (Å²) in [5.74, 6) is 2.65. The Hall–Kier alpha value is -0.0800. The van der Waals surface area contributed by atoms with Gasteiger partial charge in [0.2, 0.25) is 0 Å². The molecular formula is C14H30N2. The summed E-state index contributed by atoms with van der Waals surface area (Å²) in [6, 6.07) is 0. The van der Waals surface area contributed by atoms with Gasteiger partial charge in [0.25, 0.3) is 0 Å². The Bertz CT molecular complexity index is 166. The molecule has 2 nitrogen and oxygen atoms in total. The number of unbranched alkanes of at least 4 members (excludes halogenated alkanes) is 1. The van der Waals surface area contributed by atoms with Crippen LogP contribution in [-0.4, -0.2) is 26.2 Å². The molecule has 0 amide bonds. The first-order valence-corrected chi connectivity index (χ1v) is 7.19. The second-order valence-electron chi connectivity index (χ2n) is 5.47. The minimum atomic E-state index is 0.838. The number of nitrogens with one attached hydrogen (secondary N) is 2. The molecule has 0 radical (unpaired) electrons. The highest BCUT2D eigenvalue weighted by Gasteiger charge is 2.22. The standard InChI is InChI=1S/C14H30N2/c1-4-6-7-13(5-2)9-15-8-12(3)14-10-16-11-14/h12-16H,4-11H2,1-3H3. The van der Waals surface area contributed by atoms with Crippen molar-refractivity contribution >= 4 is 0 Å². The Morgan fingerprint density at radius 1 is 1.25 bits per heavy atom. The Morgan fingerprint density at radius 3 is 2.50 bits per heavy atom. The van der Waals surface area contributed by atoms with E-state index in [9.17, 15) is 0 Å². The SMILES string of the molecule is CCCCC(CC)CNCC(C)C1CNC1. The van der Waals surface area contributed by atoms with Gasteiger partial charge in [0.1, 0.15) is 0 Å². The van der Waals surface area contributed by atoms with Gasteiger partial charge in [-0.3, -0.25) is 0 Å². The molecule has 0 aromatic carbocycles. The van der Waals surface area contributed by atoms with Gasteiger partial charge in [0.15, 0.2) is 0 Å². The normalized spacial score (nSPS) is 20.4. The third-order valence-electron chi connectivity index (χ3n) is 4.06. The summed E-state index contributed by atoms with van der Waals surface area (Å²) >= 11 is 0. The quantitative estimate of drug-likeness (QED) is 0.631. The minimum absolute atomic E-state index is 0.838. The van der Waals surface area contributed by atoms with Crippen LogP contribution >= 0.6 is 0 Å². The highest BCUT2D eigenvalue weighted by Crippen LogP contribution is 2.15. The van der Waals surface area contributed by atoms with E-state index in [1.165, 1.54) is 51.9 Å². The van der Waals surface area contributed by atoms with Crippen LogP contribution in [0.25, 0.3) is 0 Å². The monoisotopic (exact) mass is 226 g/mol. The summed E-state index contributed by atoms with van der Waals surface area (Å²) in [7, 11) is 0. The maximum Gasteiger partial charge on any atom is -0.000522 e. The van der Waals surface area contributed by atoms with Crippen LogP contribution < -0.4 is 10.6 Å². The first-order chi connectivity index (χ1) is 7.77. The van der Waals surface area contributed by atoms with Crippen LogP contribution in [0.5, 0.6) is 0 Å². The van der Waals surface area contributed by atoms with Crippen LogP contribution in [0.1, 0.15) is 46.5 Å². The molecule has 2 heteroatoms. The van der Waals surface area contributed by atoms with Crippen molar-refractivity contribution in [1.29, 1.82) is 0 Å². The predicted molar refractivity (Wildman–Crippen MR) is 71.7 cm³/mol. The minimum Gasteiger partial charge on any atom is -0.316 e. The summed E-state index contributed by atoms with van der Waals surface area (Å²) < 4.78 is 0. The molecule has 1 aliphatic rings. The molecule has 0 spiro atoms. The number of hydrogen-bond donors (Lipinski definition) is 2. The fraction of sp³-hybridized carbons (Fsp3) is 1.00. The Labute approximate surface area is 102 Å². The van der Waals surface area contributed by atoms with Crippen molar-refractivity contribution in [1.82, 2.24) is 10.6 Å². The first kappa shape index (κ1) is 14.0. The van der Waals surface area contributed by atoms with Crippen LogP contribution in [0, 0.1) is 17.8 Å². The van der Waals surface area contributed by atoms with E-state index in [0.29, 0.717) is 0 Å². The van der Waals surface area contributed by atoms with E-state index in [1.54, 1.807) is 0 Å². The zero-order valence-electron chi connectivity index (χ0n) is 11.4. The van der Waals surface area contributed by atoms with Crippen LogP contribution in [0.3, 0.4) is 0 Å². The van der Waals surface area contributed by atoms with E-state index in [0.717, 1.165) is 17.8 Å². The van der Waals surface area contributed by atoms with Crippen molar-refractivity contribution in [2.75, 3.05) is 26.2 Å². The second-order valence-corrected chi connectivity index (χ2v) is 5.47. The maximum atomic E-state index is 3.67. The van der Waals surface area contributed by atoms with Crippen LogP contribution in [0.2, 0.25) is 0 Å². The van der Waals surface area contributed by atoms with E-state index in [1.807, 2.05) is 0 Å². The van der Waals surface area contributed by atoms with Gasteiger partial charge in [-0.15, -0.1) is 0 Å². The van der Waals surface area contributed by atoms with Gasteiger partial charge in [-0.1, -0.05) is 40.0 Å². The number of hydrogen-bond acceptors (Lipinski definition) is 2. The highest BCUT2D eigenvalue weighted by atomic mass is 15.0. The van der Waals surface area contributed by atoms with Gasteiger partial charge in [-0.05, 0) is 50.4 Å². The van der Waals surface area contributed by atoms with Gasteiger partial charge in [0.05, 0.1) is 0 Å². The molecule has 0 aromatic rings. The molecule has 96 valence electrons. The molecule has 1 saturated heterocycles. The largest absolute Gasteiger partial charge is 0.316 e. The van der Waals surface area contributed by atoms with Gasteiger partial charge in [-0.2, -0.15) is 0 Å². The topological polar surface area (TPSA) is 24.1 Å². The van der Waals surface area contributed by atoms with Crippen molar-refractivity contribution in [2.24, 2.45) is 17.8 Å². The number of rotatable bonds is 9. The van der Waals surface area contributed by atoms with Crippen LogP contribution in [0.4, 0.5) is 0 Å². The van der Waals surface area contributed by atoms with Crippen molar-refractivity contribution in [3.05, 3.63) is 0 Å². The highest BCUT2D eigenvalue weighted by molar-refractivity contribution is 4.80. The Kier molecular flexibility index (Phi) is 7.06. The molecule has 1 rings (SSSR count). The zero-order chi connectivity index (χ0) is 11.8. The molecule has 0 aromatic heterocycles. The molecule has 0 aliphatic carbocycles. The van der Waals surface area contributed by atoms with Crippen LogP contribution in [0.15, 0.2) is 0 Å². The molecule has 1 heterocycles. The smallest absolute Gasteiger partial charge is 0.000522 e. The van der Waals surface area contributed by atoms with Crippen LogP contribution in [-0.2, 0) is 0 Å². The fourth-order valence-electron chi connectivity index (χ4n) is 2.34. The molecule has 1 fully saturated rings. The first-order valence-electron chi connectivity index (χ1n) is 7.19. The van der Waals surface area contributed by atoms with Gasteiger partial charge < -0.3 is 10.6 Å². The maximum absolute atomic E-state index is 3.67. The second kappa shape index (κ2) is 8.08. The lowest BCUT2D eigenvalue weighted by molar-refractivity contribution is 0.239. The average molecular weight is 226 g/mol. The Balaban J connectivity index is 2.02. The molecule has 0 bridgehead atoms. The molecule has 2 unspecified atom stereocenters. The third kappa shape index (κ3) is 4.84. The van der Waals surface area contributed by atoms with Gasteiger partial charge >= 0.3 is 0 Å². The van der Waals surface area contributed by atoms with E-state index >= 15 is 0 Å². The summed E-state index contributed by atoms with van der Waals surface area (Å²) in [5, 5.41) is 7.02. The van der Waals surface area contributed by atoms with Crippen molar-refractivity contribution in [2.45, 2.75) is 46.5 Å². The summed E-state index contributed by atoms with van der Waals surface area (Å²) in [6.07, 6.45) is 5.45. The fourth-order valence-corrected chi connectivity index (χ4v) is 2.34. The third-order valence-corrected chi connectivity index (χ3v) is 4.06. The van der Waals surface area contributed by atoms with E-state index in [2.05, 4.69) is 31.4 Å². The van der Waals surface area contributed by atoms with Crippen molar-refractivity contribution in [3.63, 3.8) is 0 Å². The van der Waals surface area contributed by atoms with Gasteiger partial charge in [0, 0.05) is 0 Å². The zero-order valence-corrected chi connectivity index (χ0v) is 11.4. The average Bonchev–Trinajstić information content (AvgIpc) is 2.20. The van der Waals surface area contributed by atoms with Crippen molar-refractivity contribution in [3.8, 4) is 0 Å². The lowest BCUT2D eigenvalue weighted by Crippen LogP contribution is -2.47. The van der Waals surface area contributed by atoms with Crippen molar-refractivity contribution < 1.29 is 0 Å². The Morgan fingerprint density at radius 2 is 2.00 bits per heavy atom. The van der Waals surface area contributed by atoms with Gasteiger partial charge in [-0.25, -0.2) is 0 Å². The molecule has 16 heavy (non-hydrogen) atoms. The predicted octanol–water partition coefficient (Wildman–Crippen LogP) is 2.65. The molecule has 2 atom stereocenters. The molecule has 1 aliphatic heterocycles.